The Morgan fingerprint density at radius 2 is 1.68 bits per heavy atom. The van der Waals surface area contributed by atoms with Gasteiger partial charge in [-0.2, -0.15) is 5.26 Å². The number of allylic oxidation sites excluding steroid dienone is 1. The monoisotopic (exact) mass is 401 g/mol. The Hall–Kier alpha value is -3.77. The number of nitriles is 1. The fourth-order valence-corrected chi connectivity index (χ4v) is 5.19. The fraction of sp³-hybridized carbons (Fsp3) is 0.179. The second kappa shape index (κ2) is 6.12. The van der Waals surface area contributed by atoms with Gasteiger partial charge in [0.25, 0.3) is 0 Å². The van der Waals surface area contributed by atoms with Crippen molar-refractivity contribution >= 4 is 38.8 Å². The van der Waals surface area contributed by atoms with Crippen LogP contribution in [0, 0.1) is 16.7 Å². The van der Waals surface area contributed by atoms with Crippen LogP contribution in [0.3, 0.4) is 0 Å². The molecule has 0 amide bonds. The predicted octanol–water partition coefficient (Wildman–Crippen LogP) is 6.74. The minimum atomic E-state index is 0.106. The maximum absolute atomic E-state index is 9.47. The molecule has 0 atom stereocenters. The highest BCUT2D eigenvalue weighted by molar-refractivity contribution is 6.08. The van der Waals surface area contributed by atoms with Crippen molar-refractivity contribution < 1.29 is 0 Å². The topological polar surface area (TPSA) is 33.6 Å². The van der Waals surface area contributed by atoms with E-state index in [0.717, 1.165) is 17.6 Å². The lowest BCUT2D eigenvalue weighted by Gasteiger charge is -2.25. The Balaban J connectivity index is 1.68. The van der Waals surface area contributed by atoms with Crippen molar-refractivity contribution in [3.8, 4) is 11.8 Å². The van der Waals surface area contributed by atoms with E-state index >= 15 is 0 Å². The van der Waals surface area contributed by atoms with Crippen molar-refractivity contribution in [2.24, 2.45) is 12.5 Å². The standard InChI is InChI=1S/C28H23N3/c1-28(2)13-12-26-23(16-28)22-14-18(17-29)8-11-25(22)31(26)19-9-10-21-20-6-4-5-7-24(20)30(3)27(21)15-19/h4-15H,16H2,1-3H3. The summed E-state index contributed by atoms with van der Waals surface area (Å²) in [6.07, 6.45) is 5.54. The van der Waals surface area contributed by atoms with Gasteiger partial charge in [-0.25, -0.2) is 0 Å². The van der Waals surface area contributed by atoms with Gasteiger partial charge in [-0.05, 0) is 59.9 Å². The number of aryl methyl sites for hydroxylation is 1. The highest BCUT2D eigenvalue weighted by atomic mass is 15.0. The normalized spacial score (nSPS) is 14.9. The average molecular weight is 402 g/mol. The van der Waals surface area contributed by atoms with Gasteiger partial charge in [0.05, 0.1) is 22.7 Å². The Morgan fingerprint density at radius 3 is 2.52 bits per heavy atom. The van der Waals surface area contributed by atoms with Crippen LogP contribution in [0.25, 0.3) is 44.5 Å². The van der Waals surface area contributed by atoms with Gasteiger partial charge < -0.3 is 9.13 Å². The molecule has 150 valence electrons. The van der Waals surface area contributed by atoms with Crippen molar-refractivity contribution in [3.05, 3.63) is 83.6 Å². The third-order valence-corrected chi connectivity index (χ3v) is 6.72. The zero-order valence-electron chi connectivity index (χ0n) is 18.0. The summed E-state index contributed by atoms with van der Waals surface area (Å²) in [4.78, 5) is 0. The second-order valence-electron chi connectivity index (χ2n) is 9.32. The number of aromatic nitrogens is 2. The molecular weight excluding hydrogens is 378 g/mol. The lowest BCUT2D eigenvalue weighted by molar-refractivity contribution is 0.476. The molecule has 0 spiro atoms. The van der Waals surface area contributed by atoms with Crippen LogP contribution in [0.2, 0.25) is 0 Å². The first-order chi connectivity index (χ1) is 15.0. The van der Waals surface area contributed by atoms with Crippen molar-refractivity contribution in [1.82, 2.24) is 9.13 Å². The van der Waals surface area contributed by atoms with Crippen LogP contribution in [0.1, 0.15) is 30.7 Å². The molecule has 1 aliphatic carbocycles. The second-order valence-corrected chi connectivity index (χ2v) is 9.32. The van der Waals surface area contributed by atoms with Gasteiger partial charge in [-0.1, -0.05) is 44.2 Å². The van der Waals surface area contributed by atoms with Crippen LogP contribution in [0.5, 0.6) is 0 Å². The highest BCUT2D eigenvalue weighted by Gasteiger charge is 2.27. The smallest absolute Gasteiger partial charge is 0.0991 e. The van der Waals surface area contributed by atoms with Gasteiger partial charge in [-0.3, -0.25) is 0 Å². The van der Waals surface area contributed by atoms with E-state index in [9.17, 15) is 5.26 Å². The first-order valence-electron chi connectivity index (χ1n) is 10.7. The van der Waals surface area contributed by atoms with E-state index in [1.165, 1.54) is 38.4 Å². The molecule has 6 rings (SSSR count). The molecule has 5 aromatic rings. The quantitative estimate of drug-likeness (QED) is 0.306. The van der Waals surface area contributed by atoms with Crippen LogP contribution >= 0.6 is 0 Å². The zero-order chi connectivity index (χ0) is 21.3. The van der Waals surface area contributed by atoms with Crippen molar-refractivity contribution in [3.63, 3.8) is 0 Å². The third-order valence-electron chi connectivity index (χ3n) is 6.72. The molecule has 3 aromatic carbocycles. The maximum atomic E-state index is 9.47. The molecule has 0 unspecified atom stereocenters. The average Bonchev–Trinajstić information content (AvgIpc) is 3.24. The number of nitrogens with zero attached hydrogens (tertiary/aromatic N) is 3. The van der Waals surface area contributed by atoms with Gasteiger partial charge in [0.1, 0.15) is 0 Å². The number of benzene rings is 3. The van der Waals surface area contributed by atoms with E-state index in [2.05, 4.69) is 103 Å². The Morgan fingerprint density at radius 1 is 0.871 bits per heavy atom. The SMILES string of the molecule is Cn1c2ccccc2c2ccc(-n3c4c(c5cc(C#N)ccc53)CC(C)(C)C=C4)cc21. The van der Waals surface area contributed by atoms with Crippen molar-refractivity contribution in [2.45, 2.75) is 20.3 Å². The Kier molecular flexibility index (Phi) is 3.56. The third kappa shape index (κ3) is 2.52. The van der Waals surface area contributed by atoms with Gasteiger partial charge in [-0.15, -0.1) is 0 Å². The maximum Gasteiger partial charge on any atom is 0.0991 e. The molecule has 0 fully saturated rings. The molecule has 0 radical (unpaired) electrons. The summed E-state index contributed by atoms with van der Waals surface area (Å²) in [5.74, 6) is 0. The summed E-state index contributed by atoms with van der Waals surface area (Å²) >= 11 is 0. The largest absolute Gasteiger partial charge is 0.344 e. The van der Waals surface area contributed by atoms with Gasteiger partial charge >= 0.3 is 0 Å². The first-order valence-corrected chi connectivity index (χ1v) is 10.7. The van der Waals surface area contributed by atoms with Gasteiger partial charge in [0.2, 0.25) is 0 Å². The predicted molar refractivity (Wildman–Crippen MR) is 128 cm³/mol. The summed E-state index contributed by atoms with van der Waals surface area (Å²) in [5, 5.41) is 13.2. The minimum Gasteiger partial charge on any atom is -0.344 e. The minimum absolute atomic E-state index is 0.106. The molecule has 0 saturated heterocycles. The summed E-state index contributed by atoms with van der Waals surface area (Å²) in [7, 11) is 2.14. The molecular formula is C28H23N3. The zero-order valence-corrected chi connectivity index (χ0v) is 18.0. The van der Waals surface area contributed by atoms with Gasteiger partial charge in [0.15, 0.2) is 0 Å². The number of hydrogen-bond acceptors (Lipinski definition) is 1. The molecule has 2 heterocycles. The first kappa shape index (κ1) is 18.0. The molecule has 0 bridgehead atoms. The lowest BCUT2D eigenvalue weighted by Crippen LogP contribution is -2.16. The van der Waals surface area contributed by atoms with E-state index in [0.29, 0.717) is 5.56 Å². The lowest BCUT2D eigenvalue weighted by atomic mass is 9.81. The number of fused-ring (bicyclic) bond motifs is 6. The molecule has 0 saturated carbocycles. The summed E-state index contributed by atoms with van der Waals surface area (Å²) < 4.78 is 4.63. The molecule has 3 nitrogen and oxygen atoms in total. The van der Waals surface area contributed by atoms with Crippen LogP contribution < -0.4 is 0 Å². The number of hydrogen-bond donors (Lipinski definition) is 0. The summed E-state index contributed by atoms with van der Waals surface area (Å²) in [5.41, 5.74) is 8.15. The number of para-hydroxylation sites is 1. The van der Waals surface area contributed by atoms with Crippen LogP contribution in [0.4, 0.5) is 0 Å². The van der Waals surface area contributed by atoms with Crippen molar-refractivity contribution in [1.29, 1.82) is 5.26 Å². The Bertz CT molecular complexity index is 1600. The van der Waals surface area contributed by atoms with E-state index in [1.54, 1.807) is 0 Å². The molecule has 0 aliphatic heterocycles. The molecule has 3 heteroatoms. The number of rotatable bonds is 1. The van der Waals surface area contributed by atoms with E-state index in [-0.39, 0.29) is 5.41 Å². The molecule has 31 heavy (non-hydrogen) atoms. The van der Waals surface area contributed by atoms with Crippen LogP contribution in [-0.2, 0) is 13.5 Å². The summed E-state index contributed by atoms with van der Waals surface area (Å²) in [6, 6.07) is 23.7. The fourth-order valence-electron chi connectivity index (χ4n) is 5.19. The van der Waals surface area contributed by atoms with Crippen molar-refractivity contribution in [2.75, 3.05) is 0 Å². The molecule has 1 aliphatic rings. The van der Waals surface area contributed by atoms with E-state index in [1.807, 2.05) is 6.07 Å². The van der Waals surface area contributed by atoms with Crippen LogP contribution in [-0.4, -0.2) is 9.13 Å². The molecule has 2 aromatic heterocycles. The Labute approximate surface area is 181 Å². The molecule has 0 N–H and O–H groups in total. The van der Waals surface area contributed by atoms with Gasteiger partial charge in [0, 0.05) is 40.1 Å². The summed E-state index contributed by atoms with van der Waals surface area (Å²) in [6.45, 7) is 4.54. The van der Waals surface area contributed by atoms with Crippen LogP contribution in [0.15, 0.2) is 66.7 Å². The van der Waals surface area contributed by atoms with E-state index < -0.39 is 0 Å². The highest BCUT2D eigenvalue weighted by Crippen LogP contribution is 2.40. The van der Waals surface area contributed by atoms with E-state index in [4.69, 9.17) is 0 Å².